The Labute approximate surface area is 162 Å². The quantitative estimate of drug-likeness (QED) is 0.734. The predicted octanol–water partition coefficient (Wildman–Crippen LogP) is 3.46. The summed E-state index contributed by atoms with van der Waals surface area (Å²) >= 11 is 0. The fraction of sp³-hybridized carbons (Fsp3) is 0.409. The van der Waals surface area contributed by atoms with Gasteiger partial charge in [0, 0.05) is 31.8 Å². The Morgan fingerprint density at radius 3 is 2.30 bits per heavy atom. The number of benzene rings is 2. The van der Waals surface area contributed by atoms with Crippen LogP contribution in [0.2, 0.25) is 0 Å². The van der Waals surface area contributed by atoms with E-state index >= 15 is 0 Å². The summed E-state index contributed by atoms with van der Waals surface area (Å²) in [6.45, 7) is 4.93. The van der Waals surface area contributed by atoms with Crippen molar-refractivity contribution < 1.29 is 14.3 Å². The average molecular weight is 370 g/mol. The molecule has 2 N–H and O–H groups in total. The van der Waals surface area contributed by atoms with E-state index < -0.39 is 0 Å². The van der Waals surface area contributed by atoms with Gasteiger partial charge < -0.3 is 20.1 Å². The van der Waals surface area contributed by atoms with Crippen molar-refractivity contribution in [2.45, 2.75) is 39.0 Å². The molecule has 0 saturated carbocycles. The minimum Gasteiger partial charge on any atom is -0.496 e. The largest absolute Gasteiger partial charge is 0.496 e. The van der Waals surface area contributed by atoms with Gasteiger partial charge in [0.15, 0.2) is 0 Å². The second kappa shape index (κ2) is 10.1. The molecule has 0 aliphatic carbocycles. The second-order valence-electron chi connectivity index (χ2n) is 6.81. The summed E-state index contributed by atoms with van der Waals surface area (Å²) in [5.74, 6) is 0.896. The van der Waals surface area contributed by atoms with Crippen LogP contribution in [0.1, 0.15) is 25.8 Å². The highest BCUT2D eigenvalue weighted by molar-refractivity contribution is 5.77. The van der Waals surface area contributed by atoms with Crippen LogP contribution in [0.5, 0.6) is 5.75 Å². The topological polar surface area (TPSA) is 64.8 Å². The van der Waals surface area contributed by atoms with E-state index in [1.165, 1.54) is 0 Å². The Balaban J connectivity index is 2.14. The monoisotopic (exact) mass is 370 g/mol. The number of carbonyl (C=O) groups excluding carboxylic acids is 1. The smallest absolute Gasteiger partial charge is 0.225 e. The summed E-state index contributed by atoms with van der Waals surface area (Å²) < 4.78 is 10.7. The molecule has 0 aromatic heterocycles. The summed E-state index contributed by atoms with van der Waals surface area (Å²) in [7, 11) is 3.26. The van der Waals surface area contributed by atoms with Gasteiger partial charge in [-0.1, -0.05) is 42.5 Å². The van der Waals surface area contributed by atoms with Gasteiger partial charge in [0.25, 0.3) is 0 Å². The molecule has 5 heteroatoms. The molecule has 0 saturated heterocycles. The maximum Gasteiger partial charge on any atom is 0.225 e. The van der Waals surface area contributed by atoms with Crippen molar-refractivity contribution in [2.75, 3.05) is 20.8 Å². The van der Waals surface area contributed by atoms with Crippen molar-refractivity contribution in [1.29, 1.82) is 0 Å². The highest BCUT2D eigenvalue weighted by Crippen LogP contribution is 2.29. The van der Waals surface area contributed by atoms with Crippen molar-refractivity contribution in [2.24, 2.45) is 5.73 Å². The number of amides is 1. The molecule has 0 heterocycles. The van der Waals surface area contributed by atoms with E-state index in [1.54, 1.807) is 14.2 Å². The molecule has 27 heavy (non-hydrogen) atoms. The van der Waals surface area contributed by atoms with Crippen molar-refractivity contribution in [3.8, 4) is 16.9 Å². The third kappa shape index (κ3) is 5.55. The van der Waals surface area contributed by atoms with Gasteiger partial charge in [0.1, 0.15) is 5.75 Å². The molecule has 1 unspecified atom stereocenters. The standard InChI is InChI=1S/C22H30N2O3/c1-16(2)24(22(25)13-19(14-23)26-3)15-17-9-11-18(12-10-17)20-7-5-6-8-21(20)27-4/h5-12,16,19H,13-15,23H2,1-4H3. The van der Waals surface area contributed by atoms with Crippen LogP contribution in [0, 0.1) is 0 Å². The Bertz CT molecular complexity index is 725. The molecule has 2 rings (SSSR count). The number of nitrogens with zero attached hydrogens (tertiary/aromatic N) is 1. The van der Waals surface area contributed by atoms with E-state index in [2.05, 4.69) is 24.3 Å². The lowest BCUT2D eigenvalue weighted by atomic mass is 10.0. The van der Waals surface area contributed by atoms with Crippen LogP contribution in [0.25, 0.3) is 11.1 Å². The Kier molecular flexibility index (Phi) is 7.82. The predicted molar refractivity (Wildman–Crippen MR) is 109 cm³/mol. The zero-order chi connectivity index (χ0) is 19.8. The third-order valence-corrected chi connectivity index (χ3v) is 4.67. The van der Waals surface area contributed by atoms with Gasteiger partial charge in [-0.2, -0.15) is 0 Å². The highest BCUT2D eigenvalue weighted by Gasteiger charge is 2.21. The van der Waals surface area contributed by atoms with Crippen LogP contribution in [0.3, 0.4) is 0 Å². The first-order chi connectivity index (χ1) is 13.0. The molecule has 0 aliphatic rings. The first-order valence-corrected chi connectivity index (χ1v) is 9.24. The van der Waals surface area contributed by atoms with E-state index in [-0.39, 0.29) is 18.1 Å². The fourth-order valence-electron chi connectivity index (χ4n) is 3.00. The lowest BCUT2D eigenvalue weighted by Gasteiger charge is -2.28. The van der Waals surface area contributed by atoms with Crippen LogP contribution < -0.4 is 10.5 Å². The van der Waals surface area contributed by atoms with Gasteiger partial charge in [-0.05, 0) is 31.0 Å². The molecule has 146 valence electrons. The minimum atomic E-state index is -0.244. The van der Waals surface area contributed by atoms with E-state index in [1.807, 2.05) is 43.0 Å². The van der Waals surface area contributed by atoms with Crippen LogP contribution in [0.15, 0.2) is 48.5 Å². The van der Waals surface area contributed by atoms with E-state index in [0.29, 0.717) is 19.5 Å². The van der Waals surface area contributed by atoms with E-state index in [0.717, 1.165) is 22.4 Å². The molecule has 5 nitrogen and oxygen atoms in total. The minimum absolute atomic E-state index is 0.0519. The maximum atomic E-state index is 12.7. The summed E-state index contributed by atoms with van der Waals surface area (Å²) in [4.78, 5) is 14.5. The molecular weight excluding hydrogens is 340 g/mol. The Hall–Kier alpha value is -2.37. The first kappa shape index (κ1) is 20.9. The molecule has 2 aromatic carbocycles. The normalized spacial score (nSPS) is 12.1. The second-order valence-corrected chi connectivity index (χ2v) is 6.81. The number of nitrogens with two attached hydrogens (primary N) is 1. The molecule has 0 bridgehead atoms. The fourth-order valence-corrected chi connectivity index (χ4v) is 3.00. The van der Waals surface area contributed by atoms with Gasteiger partial charge >= 0.3 is 0 Å². The van der Waals surface area contributed by atoms with Crippen LogP contribution >= 0.6 is 0 Å². The van der Waals surface area contributed by atoms with Crippen LogP contribution in [-0.2, 0) is 16.1 Å². The first-order valence-electron chi connectivity index (χ1n) is 9.24. The molecule has 1 atom stereocenters. The zero-order valence-electron chi connectivity index (χ0n) is 16.6. The molecule has 1 amide bonds. The maximum absolute atomic E-state index is 12.7. The van der Waals surface area contributed by atoms with Crippen molar-refractivity contribution in [3.63, 3.8) is 0 Å². The average Bonchev–Trinajstić information content (AvgIpc) is 2.70. The lowest BCUT2D eigenvalue weighted by molar-refractivity contribution is -0.136. The number of hydrogen-bond acceptors (Lipinski definition) is 4. The summed E-state index contributed by atoms with van der Waals surface area (Å²) in [5, 5.41) is 0. The number of methoxy groups -OCH3 is 2. The van der Waals surface area contributed by atoms with Crippen LogP contribution in [0.4, 0.5) is 0 Å². The van der Waals surface area contributed by atoms with Crippen molar-refractivity contribution in [1.82, 2.24) is 4.90 Å². The molecule has 0 fully saturated rings. The van der Waals surface area contributed by atoms with Gasteiger partial charge in [0.2, 0.25) is 5.91 Å². The SMILES string of the molecule is COc1ccccc1-c1ccc(CN(C(=O)CC(CN)OC)C(C)C)cc1. The number of rotatable bonds is 9. The van der Waals surface area contributed by atoms with Crippen molar-refractivity contribution in [3.05, 3.63) is 54.1 Å². The van der Waals surface area contributed by atoms with E-state index in [4.69, 9.17) is 15.2 Å². The Morgan fingerprint density at radius 1 is 1.07 bits per heavy atom. The van der Waals surface area contributed by atoms with E-state index in [9.17, 15) is 4.79 Å². The molecule has 2 aromatic rings. The summed E-state index contributed by atoms with van der Waals surface area (Å²) in [5.41, 5.74) is 8.87. The molecule has 0 radical (unpaired) electrons. The number of ether oxygens (including phenoxy) is 2. The molecular formula is C22H30N2O3. The van der Waals surface area contributed by atoms with Gasteiger partial charge in [-0.3, -0.25) is 4.79 Å². The summed E-state index contributed by atoms with van der Waals surface area (Å²) in [6, 6.07) is 16.3. The van der Waals surface area contributed by atoms with Gasteiger partial charge in [-0.25, -0.2) is 0 Å². The lowest BCUT2D eigenvalue weighted by Crippen LogP contribution is -2.39. The molecule has 0 spiro atoms. The third-order valence-electron chi connectivity index (χ3n) is 4.67. The number of hydrogen-bond donors (Lipinski definition) is 1. The van der Waals surface area contributed by atoms with Gasteiger partial charge in [-0.15, -0.1) is 0 Å². The molecule has 0 aliphatic heterocycles. The van der Waals surface area contributed by atoms with Crippen molar-refractivity contribution >= 4 is 5.91 Å². The van der Waals surface area contributed by atoms with Crippen LogP contribution in [-0.4, -0.2) is 43.7 Å². The number of para-hydroxylation sites is 1. The Morgan fingerprint density at radius 2 is 1.74 bits per heavy atom. The highest BCUT2D eigenvalue weighted by atomic mass is 16.5. The summed E-state index contributed by atoms with van der Waals surface area (Å²) in [6.07, 6.45) is 0.0523. The number of carbonyl (C=O) groups is 1. The zero-order valence-corrected chi connectivity index (χ0v) is 16.6. The van der Waals surface area contributed by atoms with Gasteiger partial charge in [0.05, 0.1) is 19.6 Å².